The van der Waals surface area contributed by atoms with E-state index in [9.17, 15) is 0 Å². The largest absolute Gasteiger partial charge is 0.168 e. The second-order valence-corrected chi connectivity index (χ2v) is 14.7. The van der Waals surface area contributed by atoms with E-state index in [0.717, 1.165) is 0 Å². The van der Waals surface area contributed by atoms with Gasteiger partial charge >= 0.3 is 0 Å². The SMILES string of the molecule is CC(C)=C[SiH2]CCCCCCCC[Si](C)(C)Cl. The van der Waals surface area contributed by atoms with E-state index in [1.165, 1.54) is 56.2 Å². The van der Waals surface area contributed by atoms with Gasteiger partial charge in [-0.3, -0.25) is 0 Å². The van der Waals surface area contributed by atoms with E-state index in [2.05, 4.69) is 32.6 Å². The van der Waals surface area contributed by atoms with Crippen LogP contribution in [-0.2, 0) is 0 Å². The van der Waals surface area contributed by atoms with Gasteiger partial charge in [0.15, 0.2) is 0 Å². The maximum Gasteiger partial charge on any atom is 0.150 e. The smallest absolute Gasteiger partial charge is 0.150 e. The Morgan fingerprint density at radius 2 is 1.53 bits per heavy atom. The summed E-state index contributed by atoms with van der Waals surface area (Å²) >= 11 is 6.29. The highest BCUT2D eigenvalue weighted by atomic mass is 35.6. The van der Waals surface area contributed by atoms with Crippen molar-refractivity contribution in [3.8, 4) is 0 Å². The molecule has 0 fully saturated rings. The fraction of sp³-hybridized carbons (Fsp3) is 0.857. The first-order chi connectivity index (χ1) is 7.92. The molecule has 102 valence electrons. The number of halogens is 1. The van der Waals surface area contributed by atoms with Gasteiger partial charge in [0, 0.05) is 9.52 Å². The molecule has 0 aliphatic carbocycles. The lowest BCUT2D eigenvalue weighted by atomic mass is 10.1. The second kappa shape index (κ2) is 10.4. The van der Waals surface area contributed by atoms with Crippen LogP contribution in [0.1, 0.15) is 52.4 Å². The Hall–Kier alpha value is 0.464. The van der Waals surface area contributed by atoms with Crippen LogP contribution in [0.4, 0.5) is 0 Å². The Kier molecular flexibility index (Phi) is 10.7. The third-order valence-electron chi connectivity index (χ3n) is 3.03. The third kappa shape index (κ3) is 16.5. The molecule has 0 aromatic heterocycles. The second-order valence-electron chi connectivity index (χ2n) is 6.01. The van der Waals surface area contributed by atoms with Crippen LogP contribution >= 0.6 is 11.1 Å². The molecular formula is C14H31ClSi2. The predicted octanol–water partition coefficient (Wildman–Crippen LogP) is 5.28. The minimum absolute atomic E-state index is 0.127. The van der Waals surface area contributed by atoms with Crippen molar-refractivity contribution in [2.45, 2.75) is 77.6 Å². The molecule has 0 radical (unpaired) electrons. The van der Waals surface area contributed by atoms with Gasteiger partial charge in [-0.1, -0.05) is 63.2 Å². The number of hydrogen-bond donors (Lipinski definition) is 0. The molecule has 0 heterocycles. The molecule has 0 bridgehead atoms. The fourth-order valence-corrected chi connectivity index (χ4v) is 4.88. The van der Waals surface area contributed by atoms with Gasteiger partial charge < -0.3 is 0 Å². The molecule has 0 unspecified atom stereocenters. The third-order valence-corrected chi connectivity index (χ3v) is 7.15. The van der Waals surface area contributed by atoms with Gasteiger partial charge in [-0.15, -0.1) is 5.70 Å². The monoisotopic (exact) mass is 290 g/mol. The van der Waals surface area contributed by atoms with Gasteiger partial charge in [-0.05, 0) is 19.9 Å². The maximum atomic E-state index is 6.29. The van der Waals surface area contributed by atoms with Gasteiger partial charge in [-0.2, -0.15) is 11.1 Å². The Balaban J connectivity index is 3.12. The summed E-state index contributed by atoms with van der Waals surface area (Å²) in [6.07, 6.45) is 8.53. The standard InChI is InChI=1S/C14H31ClSi2/c1-14(2)13-16-11-9-7-5-6-8-10-12-17(3,4)15/h13H,5-12,16H2,1-4H3. The average molecular weight is 291 g/mol. The Labute approximate surface area is 117 Å². The lowest BCUT2D eigenvalue weighted by molar-refractivity contribution is 0.622. The zero-order valence-corrected chi connectivity index (χ0v) is 15.5. The van der Waals surface area contributed by atoms with Crippen molar-refractivity contribution in [1.82, 2.24) is 0 Å². The normalized spacial score (nSPS) is 12.3. The lowest BCUT2D eigenvalue weighted by Crippen LogP contribution is -2.14. The van der Waals surface area contributed by atoms with Crippen molar-refractivity contribution < 1.29 is 0 Å². The number of allylic oxidation sites excluding steroid dienone is 1. The summed E-state index contributed by atoms with van der Waals surface area (Å²) in [4.78, 5) is 0. The van der Waals surface area contributed by atoms with Crippen LogP contribution < -0.4 is 0 Å². The summed E-state index contributed by atoms with van der Waals surface area (Å²) in [5.41, 5.74) is 4.01. The van der Waals surface area contributed by atoms with E-state index in [1.54, 1.807) is 0 Å². The van der Waals surface area contributed by atoms with E-state index >= 15 is 0 Å². The van der Waals surface area contributed by atoms with Crippen molar-refractivity contribution in [2.75, 3.05) is 0 Å². The highest BCUT2D eigenvalue weighted by Gasteiger charge is 2.15. The summed E-state index contributed by atoms with van der Waals surface area (Å²) in [6, 6.07) is 2.80. The molecule has 17 heavy (non-hydrogen) atoms. The van der Waals surface area contributed by atoms with E-state index in [1.807, 2.05) is 0 Å². The van der Waals surface area contributed by atoms with E-state index in [0.29, 0.717) is 0 Å². The van der Waals surface area contributed by atoms with Gasteiger partial charge in [0.1, 0.15) is 7.38 Å². The van der Waals surface area contributed by atoms with Gasteiger partial charge in [0.05, 0.1) is 0 Å². The first-order valence-electron chi connectivity index (χ1n) is 7.24. The van der Waals surface area contributed by atoms with E-state index in [-0.39, 0.29) is 9.52 Å². The molecule has 0 aliphatic rings. The van der Waals surface area contributed by atoms with Crippen LogP contribution in [0.2, 0.25) is 25.2 Å². The van der Waals surface area contributed by atoms with Crippen molar-refractivity contribution in [1.29, 1.82) is 0 Å². The summed E-state index contributed by atoms with van der Waals surface area (Å²) in [5, 5.41) is 0. The molecule has 0 aliphatic heterocycles. The molecule has 0 saturated carbocycles. The predicted molar refractivity (Wildman–Crippen MR) is 88.6 cm³/mol. The van der Waals surface area contributed by atoms with Crippen molar-refractivity contribution in [3.05, 3.63) is 11.3 Å². The summed E-state index contributed by atoms with van der Waals surface area (Å²) in [7, 11) is -1.16. The van der Waals surface area contributed by atoms with Gasteiger partial charge in [0.25, 0.3) is 0 Å². The van der Waals surface area contributed by atoms with Crippen molar-refractivity contribution >= 4 is 28.0 Å². The number of unbranched alkanes of at least 4 members (excludes halogenated alkanes) is 5. The van der Waals surface area contributed by atoms with E-state index in [4.69, 9.17) is 11.1 Å². The van der Waals surface area contributed by atoms with Crippen LogP contribution in [0.3, 0.4) is 0 Å². The van der Waals surface area contributed by atoms with Crippen LogP contribution in [0, 0.1) is 0 Å². The lowest BCUT2D eigenvalue weighted by Gasteiger charge is -2.11. The summed E-state index contributed by atoms with van der Waals surface area (Å²) in [6.45, 7) is 8.94. The summed E-state index contributed by atoms with van der Waals surface area (Å²) < 4.78 is 0. The molecular weight excluding hydrogens is 260 g/mol. The highest BCUT2D eigenvalue weighted by molar-refractivity contribution is 7.19. The molecule has 0 amide bonds. The van der Waals surface area contributed by atoms with Crippen molar-refractivity contribution in [3.63, 3.8) is 0 Å². The quantitative estimate of drug-likeness (QED) is 0.292. The Morgan fingerprint density at radius 1 is 1.00 bits per heavy atom. The van der Waals surface area contributed by atoms with Gasteiger partial charge in [0.2, 0.25) is 0 Å². The minimum Gasteiger partial charge on any atom is -0.168 e. The summed E-state index contributed by atoms with van der Waals surface area (Å²) in [5.74, 6) is 0. The average Bonchev–Trinajstić information content (AvgIpc) is 2.18. The first-order valence-corrected chi connectivity index (χ1v) is 13.3. The topological polar surface area (TPSA) is 0 Å². The van der Waals surface area contributed by atoms with Gasteiger partial charge in [-0.25, -0.2) is 0 Å². The maximum absolute atomic E-state index is 6.29. The molecule has 0 rings (SSSR count). The molecule has 0 spiro atoms. The number of rotatable bonds is 10. The zero-order chi connectivity index (χ0) is 13.1. The molecule has 0 N–H and O–H groups in total. The molecule has 0 atom stereocenters. The Bertz CT molecular complexity index is 203. The van der Waals surface area contributed by atoms with Crippen LogP contribution in [0.5, 0.6) is 0 Å². The molecule has 0 saturated heterocycles. The molecule has 0 aromatic carbocycles. The molecule has 0 aromatic rings. The van der Waals surface area contributed by atoms with Crippen molar-refractivity contribution in [2.24, 2.45) is 0 Å². The molecule has 0 nitrogen and oxygen atoms in total. The van der Waals surface area contributed by atoms with Crippen LogP contribution in [0.25, 0.3) is 0 Å². The first kappa shape index (κ1) is 17.5. The van der Waals surface area contributed by atoms with E-state index < -0.39 is 7.38 Å². The zero-order valence-electron chi connectivity index (χ0n) is 12.3. The minimum atomic E-state index is -1.28. The number of hydrogen-bond acceptors (Lipinski definition) is 0. The fourth-order valence-electron chi connectivity index (χ4n) is 1.96. The van der Waals surface area contributed by atoms with Crippen LogP contribution in [-0.4, -0.2) is 16.9 Å². The van der Waals surface area contributed by atoms with Crippen LogP contribution in [0.15, 0.2) is 11.3 Å². The Morgan fingerprint density at radius 3 is 2.06 bits per heavy atom. The molecule has 3 heteroatoms. The highest BCUT2D eigenvalue weighted by Crippen LogP contribution is 2.19.